The highest BCUT2D eigenvalue weighted by molar-refractivity contribution is 5.89. The van der Waals surface area contributed by atoms with Crippen molar-refractivity contribution in [2.45, 2.75) is 96.8 Å². The van der Waals surface area contributed by atoms with Gasteiger partial charge in [0.25, 0.3) is 0 Å². The molecule has 214 valence electrons. The maximum Gasteiger partial charge on any atom is 0.338 e. The van der Waals surface area contributed by atoms with Crippen LogP contribution >= 0.6 is 0 Å². The Morgan fingerprint density at radius 3 is 1.67 bits per heavy atom. The lowest BCUT2D eigenvalue weighted by Crippen LogP contribution is -2.07. The number of halogens is 5. The maximum absolute atomic E-state index is 13.7. The number of esters is 1. The molecule has 0 heterocycles. The average Bonchev–Trinajstić information content (AvgIpc) is 2.94. The molecule has 2 aromatic carbocycles. The topological polar surface area (TPSA) is 38.3 Å². The minimum Gasteiger partial charge on any atom is -0.462 e. The highest BCUT2D eigenvalue weighted by atomic mass is 19.2. The second kappa shape index (κ2) is 18.3. The molecule has 0 saturated carbocycles. The molecule has 39 heavy (non-hydrogen) atoms. The molecule has 0 spiro atoms. The molecular weight excluding hydrogens is 513 g/mol. The third kappa shape index (κ3) is 11.3. The Morgan fingerprint density at radius 1 is 0.692 bits per heavy atom. The van der Waals surface area contributed by atoms with Gasteiger partial charge in [-0.1, -0.05) is 70.1 Å². The molecule has 0 fully saturated rings. The first-order valence-corrected chi connectivity index (χ1v) is 13.9. The lowest BCUT2D eigenvalue weighted by molar-refractivity contribution is 0.0526. The van der Waals surface area contributed by atoms with Gasteiger partial charge in [0.2, 0.25) is 5.82 Å². The molecule has 0 amide bonds. The minimum absolute atomic E-state index is 0.153. The monoisotopic (exact) mass is 551 g/mol. The van der Waals surface area contributed by atoms with Crippen LogP contribution in [0.2, 0.25) is 0 Å². The van der Waals surface area contributed by atoms with Crippen molar-refractivity contribution in [3.05, 3.63) is 64.5 Å². The van der Waals surface area contributed by atoms with Crippen LogP contribution in [0.3, 0.4) is 0 Å². The Morgan fingerprint density at radius 2 is 1.15 bits per heavy atom. The Bertz CT molecular complexity index is 1060. The quantitative estimate of drug-likeness (QED) is 0.0405. The van der Waals surface area contributed by atoms with Gasteiger partial charge in [-0.2, -0.15) is 0 Å². The number of ether oxygens (including phenoxy) is 1. The van der Waals surface area contributed by atoms with Crippen LogP contribution in [-0.4, -0.2) is 12.6 Å². The summed E-state index contributed by atoms with van der Waals surface area (Å²) in [5, 5.41) is 3.02. The van der Waals surface area contributed by atoms with Crippen molar-refractivity contribution in [1.29, 1.82) is 0 Å². The van der Waals surface area contributed by atoms with Crippen LogP contribution in [0.15, 0.2) is 24.3 Å². The van der Waals surface area contributed by atoms with Gasteiger partial charge in [0.05, 0.1) is 12.2 Å². The molecule has 0 bridgehead atoms. The second-order valence-electron chi connectivity index (χ2n) is 9.52. The molecule has 0 aliphatic rings. The van der Waals surface area contributed by atoms with Crippen LogP contribution in [0, 0.1) is 41.1 Å². The Hall–Kier alpha value is -3.08. The first-order chi connectivity index (χ1) is 18.9. The van der Waals surface area contributed by atoms with Crippen molar-refractivity contribution >= 4 is 11.7 Å². The van der Waals surface area contributed by atoms with E-state index in [-0.39, 0.29) is 12.4 Å². The summed E-state index contributed by atoms with van der Waals surface area (Å²) >= 11 is 0. The van der Waals surface area contributed by atoms with Crippen molar-refractivity contribution in [1.82, 2.24) is 0 Å². The Balaban J connectivity index is 1.41. The standard InChI is InChI=1S/C31H38F5NO2/c1-2-39-31(38)23-18-20-24(21-19-23)37-22-16-14-12-10-8-6-4-3-5-7-9-11-13-15-17-25-26(32)28(34)30(36)29(35)27(25)33/h18-21,37H,2-15,17H2,1H3. The van der Waals surface area contributed by atoms with Crippen LogP contribution in [0.25, 0.3) is 0 Å². The molecule has 0 saturated heterocycles. The van der Waals surface area contributed by atoms with E-state index in [1.807, 2.05) is 0 Å². The molecule has 1 N–H and O–H groups in total. The summed E-state index contributed by atoms with van der Waals surface area (Å²) in [6.07, 6.45) is 12.8. The minimum atomic E-state index is -2.11. The van der Waals surface area contributed by atoms with E-state index in [1.54, 1.807) is 31.2 Å². The van der Waals surface area contributed by atoms with E-state index in [2.05, 4.69) is 17.3 Å². The number of carbonyl (C=O) groups is 1. The lowest BCUT2D eigenvalue weighted by Gasteiger charge is -2.08. The fraction of sp³-hybridized carbons (Fsp3) is 0.516. The Kier molecular flexibility index (Phi) is 15.0. The molecule has 0 atom stereocenters. The molecule has 2 aromatic rings. The smallest absolute Gasteiger partial charge is 0.338 e. The van der Waals surface area contributed by atoms with Gasteiger partial charge >= 0.3 is 5.97 Å². The van der Waals surface area contributed by atoms with Gasteiger partial charge in [0.1, 0.15) is 0 Å². The molecule has 0 unspecified atom stereocenters. The summed E-state index contributed by atoms with van der Waals surface area (Å²) < 4.78 is 71.8. The van der Waals surface area contributed by atoms with Gasteiger partial charge in [-0.25, -0.2) is 26.7 Å². The molecule has 2 rings (SSSR count). The number of anilines is 1. The van der Waals surface area contributed by atoms with E-state index in [9.17, 15) is 26.7 Å². The zero-order valence-electron chi connectivity index (χ0n) is 22.6. The van der Waals surface area contributed by atoms with Gasteiger partial charge in [-0.3, -0.25) is 0 Å². The molecule has 3 nitrogen and oxygen atoms in total. The molecule has 8 heteroatoms. The van der Waals surface area contributed by atoms with E-state index >= 15 is 0 Å². The normalized spacial score (nSPS) is 10.7. The summed E-state index contributed by atoms with van der Waals surface area (Å²) in [7, 11) is 0. The van der Waals surface area contributed by atoms with Gasteiger partial charge in [0.15, 0.2) is 23.3 Å². The van der Waals surface area contributed by atoms with E-state index in [4.69, 9.17) is 4.74 Å². The maximum atomic E-state index is 13.7. The average molecular weight is 552 g/mol. The highest BCUT2D eigenvalue weighted by Gasteiger charge is 2.25. The van der Waals surface area contributed by atoms with Crippen molar-refractivity contribution in [2.75, 3.05) is 11.9 Å². The summed E-state index contributed by atoms with van der Waals surface area (Å²) in [4.78, 5) is 11.6. The first-order valence-electron chi connectivity index (χ1n) is 13.9. The number of benzene rings is 2. The third-order valence-electron chi connectivity index (χ3n) is 6.47. The van der Waals surface area contributed by atoms with E-state index in [0.29, 0.717) is 25.0 Å². The zero-order chi connectivity index (χ0) is 28.5. The molecule has 0 aliphatic carbocycles. The fourth-order valence-corrected chi connectivity index (χ4v) is 4.24. The van der Waals surface area contributed by atoms with Gasteiger partial charge in [-0.15, -0.1) is 0 Å². The Labute approximate surface area is 228 Å². The number of hydrogen-bond donors (Lipinski definition) is 1. The molecule has 0 aliphatic heterocycles. The van der Waals surface area contributed by atoms with Crippen LogP contribution in [0.5, 0.6) is 0 Å². The van der Waals surface area contributed by atoms with Crippen LogP contribution < -0.4 is 5.32 Å². The van der Waals surface area contributed by atoms with E-state index in [1.165, 1.54) is 25.7 Å². The fourth-order valence-electron chi connectivity index (χ4n) is 4.24. The van der Waals surface area contributed by atoms with Crippen molar-refractivity contribution < 1.29 is 31.5 Å². The zero-order valence-corrected chi connectivity index (χ0v) is 22.6. The number of unbranched alkanes of at least 4 members (excludes halogenated alkanes) is 12. The molecule has 0 aromatic heterocycles. The van der Waals surface area contributed by atoms with Gasteiger partial charge in [-0.05, 0) is 50.5 Å². The summed E-state index contributed by atoms with van der Waals surface area (Å²) in [5.74, 6) is -6.50. The predicted molar refractivity (Wildman–Crippen MR) is 144 cm³/mol. The summed E-state index contributed by atoms with van der Waals surface area (Å²) in [6.45, 7) is 2.12. The summed E-state index contributed by atoms with van der Waals surface area (Å²) in [6, 6.07) is 9.96. The third-order valence-corrected chi connectivity index (χ3v) is 6.47. The molecule has 0 radical (unpaired) electrons. The van der Waals surface area contributed by atoms with Crippen molar-refractivity contribution in [3.63, 3.8) is 0 Å². The lowest BCUT2D eigenvalue weighted by atomic mass is 10.0. The number of hydrogen-bond acceptors (Lipinski definition) is 3. The SMILES string of the molecule is CCOC(=O)c1ccc(NC#CCCCCCCCCCCCCCCc2c(F)c(F)c(F)c(F)c2F)cc1. The predicted octanol–water partition coefficient (Wildman–Crippen LogP) is 9.25. The largest absolute Gasteiger partial charge is 0.462 e. The van der Waals surface area contributed by atoms with Crippen molar-refractivity contribution in [2.24, 2.45) is 0 Å². The van der Waals surface area contributed by atoms with Crippen LogP contribution in [0.4, 0.5) is 27.6 Å². The van der Waals surface area contributed by atoms with Gasteiger partial charge < -0.3 is 10.1 Å². The van der Waals surface area contributed by atoms with Gasteiger partial charge in [0, 0.05) is 23.7 Å². The van der Waals surface area contributed by atoms with E-state index in [0.717, 1.165) is 50.6 Å². The summed E-state index contributed by atoms with van der Waals surface area (Å²) in [5.41, 5.74) is 0.636. The number of nitrogens with one attached hydrogen (secondary N) is 1. The first kappa shape index (κ1) is 32.1. The van der Waals surface area contributed by atoms with Crippen LogP contribution in [-0.2, 0) is 11.2 Å². The highest BCUT2D eigenvalue weighted by Crippen LogP contribution is 2.24. The molecular formula is C31H38F5NO2. The van der Waals surface area contributed by atoms with Crippen LogP contribution in [0.1, 0.15) is 106 Å². The second-order valence-corrected chi connectivity index (χ2v) is 9.52. The van der Waals surface area contributed by atoms with E-state index < -0.39 is 34.6 Å². The van der Waals surface area contributed by atoms with Crippen molar-refractivity contribution in [3.8, 4) is 12.0 Å². The number of carbonyl (C=O) groups excluding carboxylic acids is 1. The number of rotatable bonds is 17.